The predicted octanol–water partition coefficient (Wildman–Crippen LogP) is 1.06. The van der Waals surface area contributed by atoms with Crippen LogP contribution >= 0.6 is 0 Å². The lowest BCUT2D eigenvalue weighted by atomic mass is 10.2. The van der Waals surface area contributed by atoms with Crippen molar-refractivity contribution in [2.24, 2.45) is 7.05 Å². The predicted molar refractivity (Wildman–Crippen MR) is 52.8 cm³/mol. The van der Waals surface area contributed by atoms with Gasteiger partial charge in [0.15, 0.2) is 5.58 Å². The molecule has 0 bridgehead atoms. The summed E-state index contributed by atoms with van der Waals surface area (Å²) in [5.41, 5.74) is -0.0560. The number of aryl methyl sites for hydroxylation is 1. The van der Waals surface area contributed by atoms with E-state index in [0.29, 0.717) is 0 Å². The molecule has 16 heavy (non-hydrogen) atoms. The van der Waals surface area contributed by atoms with Crippen molar-refractivity contribution in [3.05, 3.63) is 34.1 Å². The molecule has 0 fully saturated rings. The van der Waals surface area contributed by atoms with Gasteiger partial charge in [0.2, 0.25) is 0 Å². The summed E-state index contributed by atoms with van der Waals surface area (Å²) in [6, 6.07) is 2.34. The van der Waals surface area contributed by atoms with Gasteiger partial charge in [0.25, 0.3) is 0 Å². The zero-order valence-corrected chi connectivity index (χ0v) is 8.61. The fourth-order valence-corrected chi connectivity index (χ4v) is 1.51. The maximum atomic E-state index is 13.5. The first-order valence-corrected chi connectivity index (χ1v) is 4.42. The van der Waals surface area contributed by atoms with Crippen LogP contribution in [0.25, 0.3) is 11.1 Å². The molecule has 1 aromatic carbocycles. The number of hydrogen-bond donors (Lipinski definition) is 0. The SMILES string of the molecule is COC(=O)c1c(F)ccc2oc(=O)n(C)c12. The molecule has 0 saturated carbocycles. The van der Waals surface area contributed by atoms with Gasteiger partial charge in [-0.3, -0.25) is 4.57 Å². The van der Waals surface area contributed by atoms with E-state index in [4.69, 9.17) is 4.42 Å². The number of benzene rings is 1. The van der Waals surface area contributed by atoms with Gasteiger partial charge in [-0.05, 0) is 12.1 Å². The largest absolute Gasteiger partial charge is 0.465 e. The molecule has 0 aliphatic rings. The Morgan fingerprint density at radius 2 is 2.19 bits per heavy atom. The third kappa shape index (κ3) is 1.30. The van der Waals surface area contributed by atoms with E-state index in [1.165, 1.54) is 13.1 Å². The number of hydrogen-bond acceptors (Lipinski definition) is 4. The summed E-state index contributed by atoms with van der Waals surface area (Å²) in [5.74, 6) is -2.26. The van der Waals surface area contributed by atoms with E-state index in [9.17, 15) is 14.0 Å². The Balaban J connectivity index is 2.94. The summed E-state index contributed by atoms with van der Waals surface area (Å²) >= 11 is 0. The summed E-state index contributed by atoms with van der Waals surface area (Å²) in [7, 11) is 2.53. The van der Waals surface area contributed by atoms with E-state index in [2.05, 4.69) is 4.74 Å². The standard InChI is InChI=1S/C10H8FNO4/c1-12-8-6(16-10(12)14)4-3-5(11)7(8)9(13)15-2/h3-4H,1-2H3. The maximum absolute atomic E-state index is 13.5. The number of aromatic nitrogens is 1. The molecule has 0 spiro atoms. The molecule has 2 aromatic rings. The molecule has 0 unspecified atom stereocenters. The highest BCUT2D eigenvalue weighted by Gasteiger charge is 2.21. The second-order valence-electron chi connectivity index (χ2n) is 3.19. The molecular weight excluding hydrogens is 217 g/mol. The summed E-state index contributed by atoms with van der Waals surface area (Å²) < 4.78 is 23.8. The normalized spacial score (nSPS) is 10.7. The molecule has 1 aromatic heterocycles. The number of carbonyl (C=O) groups excluding carboxylic acids is 1. The summed E-state index contributed by atoms with van der Waals surface area (Å²) in [4.78, 5) is 22.6. The van der Waals surface area contributed by atoms with Gasteiger partial charge in [-0.25, -0.2) is 14.0 Å². The minimum absolute atomic E-state index is 0.0943. The number of methoxy groups -OCH3 is 1. The quantitative estimate of drug-likeness (QED) is 0.681. The van der Waals surface area contributed by atoms with Crippen molar-refractivity contribution < 1.29 is 18.3 Å². The molecule has 0 N–H and O–H groups in total. The van der Waals surface area contributed by atoms with Gasteiger partial charge in [-0.1, -0.05) is 0 Å². The van der Waals surface area contributed by atoms with E-state index < -0.39 is 17.5 Å². The number of ether oxygens (including phenoxy) is 1. The van der Waals surface area contributed by atoms with E-state index in [0.717, 1.165) is 17.7 Å². The van der Waals surface area contributed by atoms with Crippen LogP contribution in [-0.4, -0.2) is 17.6 Å². The van der Waals surface area contributed by atoms with Crippen LogP contribution in [0.4, 0.5) is 4.39 Å². The van der Waals surface area contributed by atoms with Crippen LogP contribution in [0.15, 0.2) is 21.3 Å². The zero-order valence-electron chi connectivity index (χ0n) is 8.61. The van der Waals surface area contributed by atoms with Crippen molar-refractivity contribution in [2.45, 2.75) is 0 Å². The Hall–Kier alpha value is -2.11. The maximum Gasteiger partial charge on any atom is 0.419 e. The summed E-state index contributed by atoms with van der Waals surface area (Å²) in [5, 5.41) is 0. The molecule has 2 rings (SSSR count). The fourth-order valence-electron chi connectivity index (χ4n) is 1.51. The number of carbonyl (C=O) groups is 1. The number of rotatable bonds is 1. The van der Waals surface area contributed by atoms with Crippen molar-refractivity contribution in [1.29, 1.82) is 0 Å². The molecule has 0 atom stereocenters. The van der Waals surface area contributed by atoms with Gasteiger partial charge in [-0.2, -0.15) is 0 Å². The van der Waals surface area contributed by atoms with E-state index in [1.54, 1.807) is 0 Å². The van der Waals surface area contributed by atoms with Gasteiger partial charge in [-0.15, -0.1) is 0 Å². The third-order valence-corrected chi connectivity index (χ3v) is 2.29. The van der Waals surface area contributed by atoms with Crippen LogP contribution in [0, 0.1) is 5.82 Å². The molecule has 6 heteroatoms. The van der Waals surface area contributed by atoms with Crippen molar-refractivity contribution in [2.75, 3.05) is 7.11 Å². The fraction of sp³-hybridized carbons (Fsp3) is 0.200. The Labute approximate surface area is 89.0 Å². The lowest BCUT2D eigenvalue weighted by molar-refractivity contribution is 0.0597. The van der Waals surface area contributed by atoms with E-state index in [-0.39, 0.29) is 16.7 Å². The molecule has 0 amide bonds. The molecule has 1 heterocycles. The molecule has 0 aliphatic heterocycles. The van der Waals surface area contributed by atoms with Crippen molar-refractivity contribution in [3.63, 3.8) is 0 Å². The Morgan fingerprint density at radius 3 is 2.81 bits per heavy atom. The van der Waals surface area contributed by atoms with Crippen LogP contribution in [0.5, 0.6) is 0 Å². The third-order valence-electron chi connectivity index (χ3n) is 2.29. The van der Waals surface area contributed by atoms with Crippen LogP contribution in [0.2, 0.25) is 0 Å². The minimum atomic E-state index is -0.848. The highest BCUT2D eigenvalue weighted by molar-refractivity contribution is 6.01. The number of halogens is 1. The highest BCUT2D eigenvalue weighted by atomic mass is 19.1. The van der Waals surface area contributed by atoms with Crippen LogP contribution in [0.1, 0.15) is 10.4 Å². The topological polar surface area (TPSA) is 61.4 Å². The molecule has 0 radical (unpaired) electrons. The summed E-state index contributed by atoms with van der Waals surface area (Å²) in [6.45, 7) is 0. The van der Waals surface area contributed by atoms with Crippen molar-refractivity contribution in [3.8, 4) is 0 Å². The smallest absolute Gasteiger partial charge is 0.419 e. The van der Waals surface area contributed by atoms with Crippen LogP contribution < -0.4 is 5.76 Å². The van der Waals surface area contributed by atoms with Gasteiger partial charge in [0.05, 0.1) is 7.11 Å². The zero-order chi connectivity index (χ0) is 11.9. The van der Waals surface area contributed by atoms with Gasteiger partial charge in [0.1, 0.15) is 16.9 Å². The van der Waals surface area contributed by atoms with E-state index in [1.807, 2.05) is 0 Å². The Bertz CT molecular complexity index is 626. The van der Waals surface area contributed by atoms with Gasteiger partial charge in [0, 0.05) is 7.05 Å². The van der Waals surface area contributed by atoms with Gasteiger partial charge >= 0.3 is 11.7 Å². The molecule has 5 nitrogen and oxygen atoms in total. The van der Waals surface area contributed by atoms with Crippen molar-refractivity contribution >= 4 is 17.1 Å². The van der Waals surface area contributed by atoms with Crippen LogP contribution in [-0.2, 0) is 11.8 Å². The van der Waals surface area contributed by atoms with Crippen molar-refractivity contribution in [1.82, 2.24) is 4.57 Å². The lowest BCUT2D eigenvalue weighted by Crippen LogP contribution is -2.12. The second kappa shape index (κ2) is 3.48. The molecule has 0 saturated heterocycles. The second-order valence-corrected chi connectivity index (χ2v) is 3.19. The number of esters is 1. The Kier molecular flexibility index (Phi) is 2.26. The first kappa shape index (κ1) is 10.4. The number of oxazole rings is 1. The molecule has 0 aliphatic carbocycles. The lowest BCUT2D eigenvalue weighted by Gasteiger charge is -2.02. The molecular formula is C10H8FNO4. The monoisotopic (exact) mass is 225 g/mol. The Morgan fingerprint density at radius 1 is 1.50 bits per heavy atom. The first-order valence-electron chi connectivity index (χ1n) is 4.42. The average Bonchev–Trinajstić information content (AvgIpc) is 2.55. The minimum Gasteiger partial charge on any atom is -0.465 e. The van der Waals surface area contributed by atoms with Crippen LogP contribution in [0.3, 0.4) is 0 Å². The van der Waals surface area contributed by atoms with Gasteiger partial charge < -0.3 is 9.15 Å². The first-order chi connectivity index (χ1) is 7.56. The summed E-state index contributed by atoms with van der Waals surface area (Å²) in [6.07, 6.45) is 0. The number of fused-ring (bicyclic) bond motifs is 1. The molecule has 84 valence electrons. The average molecular weight is 225 g/mol. The number of nitrogens with zero attached hydrogens (tertiary/aromatic N) is 1. The van der Waals surface area contributed by atoms with E-state index >= 15 is 0 Å². The highest BCUT2D eigenvalue weighted by Crippen LogP contribution is 2.21.